The Morgan fingerprint density at radius 3 is 1.48 bits per heavy atom. The summed E-state index contributed by atoms with van der Waals surface area (Å²) >= 11 is 0. The SMILES string of the molecule is CC[C@H](C)[C@H](NC(=O)[C@@H]1CCCN1C(=O)CNC(=O)[C@@H](NC(=O)[C@@H](N)CCC(N)=O)[C@@H](C)O)C(=O)NCC(=O)N1CCC[C@H]1C(=O)N[C@@H](Cc1cnc[nH]1)C(=O)NCC(=O)N1CCC[C@H]1C(=O)N[C@@H](CCC(N)=O)C(=O)NCC(=O)O. The number of amides is 13. The number of primary amides is 2. The molecule has 4 rings (SSSR count). The van der Waals surface area contributed by atoms with Gasteiger partial charge in [-0.15, -0.1) is 0 Å². The smallest absolute Gasteiger partial charge is 0.322 e. The molecule has 13 amide bonds. The van der Waals surface area contributed by atoms with Gasteiger partial charge in [0.15, 0.2) is 0 Å². The number of nitrogens with two attached hydrogens (primary N) is 3. The number of aromatic nitrogens is 2. The van der Waals surface area contributed by atoms with Crippen molar-refractivity contribution in [1.82, 2.24) is 67.2 Å². The lowest BCUT2D eigenvalue weighted by molar-refractivity contribution is -0.141. The zero-order valence-electron chi connectivity index (χ0n) is 45.5. The number of carbonyl (C=O) groups excluding carboxylic acids is 13. The van der Waals surface area contributed by atoms with Crippen LogP contribution in [-0.4, -0.2) is 218 Å². The van der Waals surface area contributed by atoms with Crippen LogP contribution in [0.2, 0.25) is 0 Å². The van der Waals surface area contributed by atoms with E-state index in [1.165, 1.54) is 34.1 Å². The lowest BCUT2D eigenvalue weighted by atomic mass is 9.97. The van der Waals surface area contributed by atoms with Gasteiger partial charge in [-0.25, -0.2) is 4.98 Å². The number of carboxylic acids is 1. The van der Waals surface area contributed by atoms with E-state index in [4.69, 9.17) is 22.3 Å². The Morgan fingerprint density at radius 2 is 1.04 bits per heavy atom. The first-order valence-corrected chi connectivity index (χ1v) is 26.7. The van der Waals surface area contributed by atoms with Crippen molar-refractivity contribution in [3.05, 3.63) is 18.2 Å². The Balaban J connectivity index is 1.34. The highest BCUT2D eigenvalue weighted by Gasteiger charge is 2.41. The molecule has 3 saturated heterocycles. The van der Waals surface area contributed by atoms with Gasteiger partial charge in [-0.3, -0.25) is 67.1 Å². The number of hydrogen-bond acceptors (Lipinski definition) is 17. The summed E-state index contributed by atoms with van der Waals surface area (Å²) in [6.07, 6.45) is 2.44. The van der Waals surface area contributed by atoms with Crippen LogP contribution in [0.25, 0.3) is 0 Å². The summed E-state index contributed by atoms with van der Waals surface area (Å²) in [5.74, 6) is -11.7. The predicted molar refractivity (Wildman–Crippen MR) is 280 cm³/mol. The standard InChI is InChI=1S/C49H76N16O16/c1-4-25(2)40(61-47(79)33-10-7-17-65(33)38(71)22-56-49(81)41(26(3)66)62-42(74)28(50)11-13-34(51)67)48(80)55-21-37(70)64-16-6-9-32(64)46(78)60-30(18-27-19-53-24-58-27)44(76)54-20-36(69)63-15-5-8-31(63)45(77)59-29(12-14-35(52)68)43(75)57-23-39(72)73/h19,24-26,28-33,40-41,66H,4-18,20-23,50H2,1-3H3,(H2,51,67)(H2,52,68)(H,53,58)(H,54,76)(H,55,80)(H,56,81)(H,57,75)(H,59,77)(H,60,78)(H,61,79)(H,62,74)(H,72,73)/t25-,26+,28-,29-,30-,31-,32-,33-,40-,41-/m0/s1. The number of nitrogens with zero attached hydrogens (tertiary/aromatic N) is 4. The predicted octanol–water partition coefficient (Wildman–Crippen LogP) is -7.30. The maximum absolute atomic E-state index is 13.9. The van der Waals surface area contributed by atoms with Crippen molar-refractivity contribution in [2.75, 3.05) is 45.8 Å². The van der Waals surface area contributed by atoms with Crippen LogP contribution in [0.5, 0.6) is 0 Å². The molecule has 0 saturated carbocycles. The van der Waals surface area contributed by atoms with Crippen molar-refractivity contribution in [2.45, 2.75) is 152 Å². The highest BCUT2D eigenvalue weighted by atomic mass is 16.4. The monoisotopic (exact) mass is 1140 g/mol. The first-order valence-electron chi connectivity index (χ1n) is 26.7. The molecule has 0 spiro atoms. The summed E-state index contributed by atoms with van der Waals surface area (Å²) in [5, 5.41) is 38.9. The Hall–Kier alpha value is -8.29. The number of hydrogen-bond donors (Lipinski definition) is 14. The van der Waals surface area contributed by atoms with Gasteiger partial charge in [-0.05, 0) is 64.2 Å². The quantitative estimate of drug-likeness (QED) is 0.0328. The fourth-order valence-corrected chi connectivity index (χ4v) is 9.40. The lowest BCUT2D eigenvalue weighted by Gasteiger charge is -2.29. The summed E-state index contributed by atoms with van der Waals surface area (Å²) in [4.78, 5) is 192. The molecule has 32 nitrogen and oxygen atoms in total. The van der Waals surface area contributed by atoms with Crippen LogP contribution < -0.4 is 59.7 Å². The van der Waals surface area contributed by atoms with Gasteiger partial charge >= 0.3 is 5.97 Å². The van der Waals surface area contributed by atoms with Crippen LogP contribution >= 0.6 is 0 Å². The molecule has 1 aromatic heterocycles. The van der Waals surface area contributed by atoms with Gasteiger partial charge in [0, 0.05) is 50.8 Å². The molecular formula is C49H76N16O16. The van der Waals surface area contributed by atoms with Crippen molar-refractivity contribution >= 4 is 82.8 Å². The van der Waals surface area contributed by atoms with E-state index in [2.05, 4.69) is 52.5 Å². The number of carbonyl (C=O) groups is 14. The van der Waals surface area contributed by atoms with Gasteiger partial charge in [-0.2, -0.15) is 0 Å². The molecule has 1 aromatic rings. The second-order valence-electron chi connectivity index (χ2n) is 20.1. The van der Waals surface area contributed by atoms with Gasteiger partial charge in [0.1, 0.15) is 48.8 Å². The number of aliphatic hydroxyl groups excluding tert-OH is 1. The first-order chi connectivity index (χ1) is 38.3. The number of aromatic amines is 1. The molecule has 0 bridgehead atoms. The van der Waals surface area contributed by atoms with Crippen LogP contribution in [-0.2, 0) is 73.5 Å². The molecule has 0 aliphatic carbocycles. The molecule has 10 atom stereocenters. The molecule has 0 unspecified atom stereocenters. The largest absolute Gasteiger partial charge is 0.480 e. The van der Waals surface area contributed by atoms with Crippen LogP contribution in [0.1, 0.15) is 97.1 Å². The Bertz CT molecular complexity index is 2480. The van der Waals surface area contributed by atoms with Gasteiger partial charge < -0.3 is 89.6 Å². The third kappa shape index (κ3) is 19.8. The van der Waals surface area contributed by atoms with E-state index in [0.717, 1.165) is 0 Å². The summed E-state index contributed by atoms with van der Waals surface area (Å²) in [6.45, 7) is 2.44. The lowest BCUT2D eigenvalue weighted by Crippen LogP contribution is -2.58. The normalized spacial score (nSPS) is 19.3. The van der Waals surface area contributed by atoms with E-state index in [9.17, 15) is 72.2 Å². The highest BCUT2D eigenvalue weighted by molar-refractivity contribution is 5.98. The Kier molecular flexibility index (Phi) is 25.4. The molecule has 0 radical (unpaired) electrons. The van der Waals surface area contributed by atoms with Crippen LogP contribution in [0.15, 0.2) is 12.5 Å². The summed E-state index contributed by atoms with van der Waals surface area (Å²) in [5.41, 5.74) is 16.5. The number of H-pyrrole nitrogens is 1. The topological polar surface area (TPSA) is 492 Å². The molecule has 32 heteroatoms. The number of likely N-dealkylation sites (tertiary alicyclic amines) is 3. The molecule has 81 heavy (non-hydrogen) atoms. The minimum Gasteiger partial charge on any atom is -0.480 e. The average Bonchev–Trinajstić information content (AvgIpc) is 4.30. The molecule has 3 aliphatic rings. The van der Waals surface area contributed by atoms with E-state index < -0.39 is 169 Å². The van der Waals surface area contributed by atoms with Crippen LogP contribution in [0.4, 0.5) is 0 Å². The zero-order chi connectivity index (χ0) is 60.1. The van der Waals surface area contributed by atoms with Crippen molar-refractivity contribution in [3.8, 4) is 0 Å². The third-order valence-electron chi connectivity index (χ3n) is 14.1. The molecule has 17 N–H and O–H groups in total. The van der Waals surface area contributed by atoms with Crippen LogP contribution in [0, 0.1) is 5.92 Å². The van der Waals surface area contributed by atoms with Gasteiger partial charge in [0.2, 0.25) is 76.8 Å². The maximum Gasteiger partial charge on any atom is 0.322 e. The summed E-state index contributed by atoms with van der Waals surface area (Å²) < 4.78 is 0. The maximum atomic E-state index is 13.9. The fraction of sp³-hybridized carbons (Fsp3) is 0.653. The number of aliphatic hydroxyl groups is 1. The highest BCUT2D eigenvalue weighted by Crippen LogP contribution is 2.21. The Labute approximate surface area is 465 Å². The van der Waals surface area contributed by atoms with Gasteiger partial charge in [0.05, 0.1) is 38.1 Å². The molecular weight excluding hydrogens is 1070 g/mol. The second kappa shape index (κ2) is 31.5. The minimum absolute atomic E-state index is 0.101. The zero-order valence-corrected chi connectivity index (χ0v) is 45.5. The van der Waals surface area contributed by atoms with Crippen molar-refractivity contribution in [3.63, 3.8) is 0 Å². The van der Waals surface area contributed by atoms with E-state index in [1.54, 1.807) is 13.8 Å². The van der Waals surface area contributed by atoms with E-state index in [1.807, 2.05) is 0 Å². The van der Waals surface area contributed by atoms with Crippen molar-refractivity contribution in [2.24, 2.45) is 23.1 Å². The van der Waals surface area contributed by atoms with E-state index >= 15 is 0 Å². The van der Waals surface area contributed by atoms with Crippen LogP contribution in [0.3, 0.4) is 0 Å². The summed E-state index contributed by atoms with van der Waals surface area (Å²) in [7, 11) is 0. The van der Waals surface area contributed by atoms with E-state index in [0.29, 0.717) is 31.4 Å². The molecule has 0 aromatic carbocycles. The average molecular weight is 1150 g/mol. The molecule has 448 valence electrons. The van der Waals surface area contributed by atoms with Gasteiger partial charge in [-0.1, -0.05) is 20.3 Å². The fourth-order valence-electron chi connectivity index (χ4n) is 9.40. The minimum atomic E-state index is -1.53. The third-order valence-corrected chi connectivity index (χ3v) is 14.1. The number of imidazole rings is 1. The molecule has 4 heterocycles. The van der Waals surface area contributed by atoms with E-state index in [-0.39, 0.29) is 71.0 Å². The first kappa shape index (κ1) is 65.2. The van der Waals surface area contributed by atoms with Crippen molar-refractivity contribution < 1.29 is 77.3 Å². The Morgan fingerprint density at radius 1 is 0.605 bits per heavy atom. The van der Waals surface area contributed by atoms with Gasteiger partial charge in [0.25, 0.3) is 0 Å². The number of rotatable bonds is 31. The number of aliphatic carboxylic acids is 1. The summed E-state index contributed by atoms with van der Waals surface area (Å²) in [6, 6.07) is -9.85. The molecule has 3 aliphatic heterocycles. The number of nitrogens with one attached hydrogen (secondary N) is 9. The van der Waals surface area contributed by atoms with Crippen molar-refractivity contribution in [1.29, 1.82) is 0 Å². The second-order valence-corrected chi connectivity index (χ2v) is 20.1. The number of carboxylic acid groups (broad SMARTS) is 1. The molecule has 3 fully saturated rings.